The molecular formula is C7H16Hg. The average Bonchev–Trinajstić information content (AvgIpc) is 1.81. The van der Waals surface area contributed by atoms with Crippen LogP contribution < -0.4 is 0 Å². The van der Waals surface area contributed by atoms with Crippen LogP contribution in [0, 0.1) is 0 Å². The van der Waals surface area contributed by atoms with Gasteiger partial charge in [-0.15, -0.1) is 0 Å². The summed E-state index contributed by atoms with van der Waals surface area (Å²) in [7, 11) is 0. The third-order valence-corrected chi connectivity index (χ3v) is 8.09. The van der Waals surface area contributed by atoms with Crippen LogP contribution in [-0.2, 0) is 24.6 Å². The van der Waals surface area contributed by atoms with Crippen molar-refractivity contribution in [2.75, 3.05) is 0 Å². The van der Waals surface area contributed by atoms with Gasteiger partial charge in [-0.25, -0.2) is 0 Å². The zero-order valence-corrected chi connectivity index (χ0v) is 11.7. The molecule has 0 aromatic heterocycles. The van der Waals surface area contributed by atoms with Gasteiger partial charge in [0, 0.05) is 0 Å². The summed E-state index contributed by atoms with van der Waals surface area (Å²) >= 11 is -0.216. The second-order valence-electron chi connectivity index (χ2n) is 2.41. The summed E-state index contributed by atoms with van der Waals surface area (Å²) < 4.78 is 3.26. The van der Waals surface area contributed by atoms with Crippen LogP contribution in [0.3, 0.4) is 0 Å². The molecule has 0 atom stereocenters. The summed E-state index contributed by atoms with van der Waals surface area (Å²) in [5.74, 6) is 0. The van der Waals surface area contributed by atoms with Crippen LogP contribution in [0.1, 0.15) is 33.1 Å². The van der Waals surface area contributed by atoms with E-state index in [0.29, 0.717) is 0 Å². The minimum absolute atomic E-state index is 0.216. The van der Waals surface area contributed by atoms with E-state index < -0.39 is 0 Å². The van der Waals surface area contributed by atoms with Crippen molar-refractivity contribution in [1.82, 2.24) is 0 Å². The third kappa shape index (κ3) is 6.94. The molecule has 0 spiro atoms. The second-order valence-corrected chi connectivity index (χ2v) is 11.8. The first-order chi connectivity index (χ1) is 3.91. The van der Waals surface area contributed by atoms with Crippen LogP contribution in [0.5, 0.6) is 0 Å². The molecular weight excluding hydrogens is 285 g/mol. The molecule has 0 N–H and O–H groups in total. The van der Waals surface area contributed by atoms with Gasteiger partial charge in [-0.05, 0) is 0 Å². The molecule has 8 heavy (non-hydrogen) atoms. The first-order valence-electron chi connectivity index (χ1n) is 3.91. The average molecular weight is 301 g/mol. The molecule has 0 aromatic rings. The fourth-order valence-corrected chi connectivity index (χ4v) is 5.55. The summed E-state index contributed by atoms with van der Waals surface area (Å²) in [6, 6.07) is 0. The normalized spacial score (nSPS) is 8.75. The second kappa shape index (κ2) is 7.94. The van der Waals surface area contributed by atoms with E-state index in [1.807, 2.05) is 0 Å². The Hall–Kier alpha value is 0.935. The molecule has 0 amide bonds. The van der Waals surface area contributed by atoms with E-state index in [-0.39, 0.29) is 24.6 Å². The minimum atomic E-state index is -0.216. The van der Waals surface area contributed by atoms with Crippen molar-refractivity contribution < 1.29 is 24.6 Å². The molecule has 0 saturated heterocycles. The zero-order valence-electron chi connectivity index (χ0n) is 6.24. The van der Waals surface area contributed by atoms with E-state index in [1.165, 1.54) is 12.8 Å². The van der Waals surface area contributed by atoms with Crippen molar-refractivity contribution in [3.05, 3.63) is 0 Å². The van der Waals surface area contributed by atoms with Crippen LogP contribution in [0.25, 0.3) is 0 Å². The third-order valence-electron chi connectivity index (χ3n) is 1.46. The Morgan fingerprint density at radius 2 is 1.88 bits per heavy atom. The summed E-state index contributed by atoms with van der Waals surface area (Å²) in [5, 5.41) is 0. The van der Waals surface area contributed by atoms with E-state index in [4.69, 9.17) is 0 Å². The monoisotopic (exact) mass is 302 g/mol. The first kappa shape index (κ1) is 8.94. The summed E-state index contributed by atoms with van der Waals surface area (Å²) in [5.41, 5.74) is 0. The Labute approximate surface area is 65.5 Å². The predicted molar refractivity (Wildman–Crippen MR) is 34.8 cm³/mol. The number of unbranched alkanes of at least 4 members (excludes halogenated alkanes) is 2. The van der Waals surface area contributed by atoms with Crippen molar-refractivity contribution in [1.29, 1.82) is 0 Å². The molecule has 0 rings (SSSR count). The van der Waals surface area contributed by atoms with E-state index in [0.717, 1.165) is 0 Å². The Bertz CT molecular complexity index is 29.4. The van der Waals surface area contributed by atoms with E-state index in [9.17, 15) is 0 Å². The molecule has 0 saturated carbocycles. The molecule has 1 heteroatoms. The zero-order chi connectivity index (χ0) is 6.24. The molecule has 0 aliphatic carbocycles. The SMILES string of the molecule is CCCC[CH2][Hg][CH2]C. The molecule has 0 unspecified atom stereocenters. The van der Waals surface area contributed by atoms with E-state index in [2.05, 4.69) is 13.8 Å². The van der Waals surface area contributed by atoms with Gasteiger partial charge >= 0.3 is 65.5 Å². The van der Waals surface area contributed by atoms with E-state index >= 15 is 0 Å². The van der Waals surface area contributed by atoms with Crippen LogP contribution in [0.4, 0.5) is 0 Å². The van der Waals surface area contributed by atoms with Crippen LogP contribution in [-0.4, -0.2) is 0 Å². The maximum absolute atomic E-state index is 2.35. The van der Waals surface area contributed by atoms with Gasteiger partial charge in [0.2, 0.25) is 0 Å². The Morgan fingerprint density at radius 3 is 2.38 bits per heavy atom. The Kier molecular flexibility index (Phi) is 8.86. The van der Waals surface area contributed by atoms with Gasteiger partial charge < -0.3 is 0 Å². The van der Waals surface area contributed by atoms with Gasteiger partial charge in [-0.2, -0.15) is 0 Å². The van der Waals surface area contributed by atoms with Crippen LogP contribution >= 0.6 is 0 Å². The quantitative estimate of drug-likeness (QED) is 0.540. The van der Waals surface area contributed by atoms with Gasteiger partial charge in [-0.3, -0.25) is 0 Å². The fourth-order valence-electron chi connectivity index (χ4n) is 0.854. The number of rotatable bonds is 5. The Morgan fingerprint density at radius 1 is 1.12 bits per heavy atom. The fraction of sp³-hybridized carbons (Fsp3) is 1.00. The summed E-state index contributed by atoms with van der Waals surface area (Å²) in [6.45, 7) is 4.64. The van der Waals surface area contributed by atoms with Gasteiger partial charge in [0.25, 0.3) is 0 Å². The van der Waals surface area contributed by atoms with Gasteiger partial charge in [0.1, 0.15) is 0 Å². The standard InChI is InChI=1S/C5H11.C2H5.Hg/c1-3-5-4-2;1-2;/h1,3-5H2,2H3;1H2,2H3;. The van der Waals surface area contributed by atoms with Gasteiger partial charge in [-0.1, -0.05) is 0 Å². The molecule has 46 valence electrons. The number of hydrogen-bond acceptors (Lipinski definition) is 0. The molecule has 0 fully saturated rings. The van der Waals surface area contributed by atoms with Crippen molar-refractivity contribution in [3.8, 4) is 0 Å². The van der Waals surface area contributed by atoms with Crippen LogP contribution in [0.15, 0.2) is 0 Å². The predicted octanol–water partition coefficient (Wildman–Crippen LogP) is 3.12. The van der Waals surface area contributed by atoms with Crippen molar-refractivity contribution in [3.63, 3.8) is 0 Å². The van der Waals surface area contributed by atoms with Gasteiger partial charge in [0.05, 0.1) is 0 Å². The van der Waals surface area contributed by atoms with Crippen LogP contribution in [0.2, 0.25) is 7.86 Å². The molecule has 0 aliphatic heterocycles. The van der Waals surface area contributed by atoms with Crippen molar-refractivity contribution >= 4 is 0 Å². The van der Waals surface area contributed by atoms with E-state index in [1.54, 1.807) is 14.3 Å². The molecule has 0 bridgehead atoms. The number of hydrogen-bond donors (Lipinski definition) is 0. The first-order valence-corrected chi connectivity index (χ1v) is 11.7. The van der Waals surface area contributed by atoms with Crippen molar-refractivity contribution in [2.45, 2.75) is 41.0 Å². The Balaban J connectivity index is 2.53. The molecule has 0 nitrogen and oxygen atoms in total. The molecule has 0 aliphatic rings. The maximum atomic E-state index is 2.35. The topological polar surface area (TPSA) is 0 Å². The summed E-state index contributed by atoms with van der Waals surface area (Å²) in [6.07, 6.45) is 4.43. The molecule has 0 radical (unpaired) electrons. The van der Waals surface area contributed by atoms with Gasteiger partial charge in [0.15, 0.2) is 0 Å². The van der Waals surface area contributed by atoms with Crippen molar-refractivity contribution in [2.24, 2.45) is 0 Å². The summed E-state index contributed by atoms with van der Waals surface area (Å²) in [4.78, 5) is 0. The molecule has 0 aromatic carbocycles. The molecule has 0 heterocycles.